The third-order valence-corrected chi connectivity index (χ3v) is 6.93. The molecule has 3 atom stereocenters. The van der Waals surface area contributed by atoms with Crippen LogP contribution in [0.25, 0.3) is 0 Å². The van der Waals surface area contributed by atoms with Gasteiger partial charge in [-0.2, -0.15) is 29.2 Å². The zero-order chi connectivity index (χ0) is 14.8. The highest BCUT2D eigenvalue weighted by molar-refractivity contribution is 7.99. The first-order chi connectivity index (χ1) is 9.45. The molecule has 0 radical (unpaired) electrons. The van der Waals surface area contributed by atoms with Crippen LogP contribution in [0.15, 0.2) is 0 Å². The van der Waals surface area contributed by atoms with Crippen molar-refractivity contribution in [2.75, 3.05) is 12.8 Å². The van der Waals surface area contributed by atoms with Gasteiger partial charge in [-0.25, -0.2) is 0 Å². The SMILES string of the molecule is CSC1CCCC1NS(=O)(=O)N1CCCCC1C(=O)O. The first-order valence-corrected chi connectivity index (χ1v) is 9.73. The molecular formula is C12H22N2O4S2. The first kappa shape index (κ1) is 16.1. The molecule has 3 unspecified atom stereocenters. The third kappa shape index (κ3) is 3.47. The number of nitrogens with one attached hydrogen (secondary N) is 1. The van der Waals surface area contributed by atoms with Gasteiger partial charge in [0.2, 0.25) is 0 Å². The van der Waals surface area contributed by atoms with Gasteiger partial charge >= 0.3 is 5.97 Å². The van der Waals surface area contributed by atoms with Crippen LogP contribution in [-0.4, -0.2) is 53.9 Å². The number of piperidine rings is 1. The molecule has 1 aliphatic heterocycles. The summed E-state index contributed by atoms with van der Waals surface area (Å²) < 4.78 is 28.8. The maximum atomic E-state index is 12.5. The molecular weight excluding hydrogens is 300 g/mol. The largest absolute Gasteiger partial charge is 0.480 e. The topological polar surface area (TPSA) is 86.7 Å². The summed E-state index contributed by atoms with van der Waals surface area (Å²) in [6.45, 7) is 0.295. The molecule has 8 heteroatoms. The Kier molecular flexibility index (Phi) is 5.33. The molecule has 2 rings (SSSR count). The normalized spacial score (nSPS) is 32.4. The number of hydrogen-bond donors (Lipinski definition) is 2. The van der Waals surface area contributed by atoms with Crippen molar-refractivity contribution in [3.05, 3.63) is 0 Å². The van der Waals surface area contributed by atoms with Crippen LogP contribution in [0.4, 0.5) is 0 Å². The molecule has 2 N–H and O–H groups in total. The maximum Gasteiger partial charge on any atom is 0.322 e. The molecule has 1 heterocycles. The molecule has 1 saturated heterocycles. The molecule has 0 aromatic rings. The van der Waals surface area contributed by atoms with Gasteiger partial charge in [0, 0.05) is 17.8 Å². The summed E-state index contributed by atoms with van der Waals surface area (Å²) >= 11 is 1.67. The summed E-state index contributed by atoms with van der Waals surface area (Å²) in [4.78, 5) is 11.2. The maximum absolute atomic E-state index is 12.5. The summed E-state index contributed by atoms with van der Waals surface area (Å²) in [7, 11) is -3.71. The number of aliphatic carboxylic acids is 1. The van der Waals surface area contributed by atoms with Gasteiger partial charge in [-0.3, -0.25) is 4.79 Å². The highest BCUT2D eigenvalue weighted by Gasteiger charge is 2.39. The summed E-state index contributed by atoms with van der Waals surface area (Å²) in [5.74, 6) is -1.05. The van der Waals surface area contributed by atoms with E-state index in [4.69, 9.17) is 0 Å². The van der Waals surface area contributed by atoms with Crippen LogP contribution in [-0.2, 0) is 15.0 Å². The number of thioether (sulfide) groups is 1. The summed E-state index contributed by atoms with van der Waals surface area (Å²) in [6.07, 6.45) is 6.72. The van der Waals surface area contributed by atoms with Crippen LogP contribution in [0.3, 0.4) is 0 Å². The van der Waals surface area contributed by atoms with Gasteiger partial charge < -0.3 is 5.11 Å². The minimum absolute atomic E-state index is 0.0774. The van der Waals surface area contributed by atoms with Gasteiger partial charge in [0.15, 0.2) is 0 Å². The summed E-state index contributed by atoms with van der Waals surface area (Å²) in [5.41, 5.74) is 0. The van der Waals surface area contributed by atoms with Gasteiger partial charge in [-0.05, 0) is 38.4 Å². The molecule has 1 aliphatic carbocycles. The fourth-order valence-corrected chi connectivity index (χ4v) is 5.76. The van der Waals surface area contributed by atoms with E-state index >= 15 is 0 Å². The fourth-order valence-electron chi connectivity index (χ4n) is 3.04. The minimum Gasteiger partial charge on any atom is -0.480 e. The van der Waals surface area contributed by atoms with Crippen molar-refractivity contribution in [2.24, 2.45) is 0 Å². The Morgan fingerprint density at radius 3 is 2.65 bits per heavy atom. The van der Waals surface area contributed by atoms with Gasteiger partial charge in [0.25, 0.3) is 10.2 Å². The monoisotopic (exact) mass is 322 g/mol. The molecule has 0 aromatic heterocycles. The molecule has 2 fully saturated rings. The Bertz CT molecular complexity index is 454. The van der Waals surface area contributed by atoms with Crippen LogP contribution in [0.5, 0.6) is 0 Å². The van der Waals surface area contributed by atoms with Crippen LogP contribution >= 0.6 is 11.8 Å². The molecule has 116 valence electrons. The van der Waals surface area contributed by atoms with Crippen molar-refractivity contribution >= 4 is 27.9 Å². The Labute approximate surface area is 124 Å². The lowest BCUT2D eigenvalue weighted by Gasteiger charge is -2.33. The van der Waals surface area contributed by atoms with E-state index in [9.17, 15) is 18.3 Å². The van der Waals surface area contributed by atoms with Crippen molar-refractivity contribution in [1.29, 1.82) is 0 Å². The van der Waals surface area contributed by atoms with Crippen molar-refractivity contribution in [1.82, 2.24) is 9.03 Å². The first-order valence-electron chi connectivity index (χ1n) is 7.00. The van der Waals surface area contributed by atoms with Crippen molar-refractivity contribution in [3.63, 3.8) is 0 Å². The second-order valence-electron chi connectivity index (χ2n) is 5.39. The zero-order valence-electron chi connectivity index (χ0n) is 11.6. The molecule has 0 amide bonds. The number of rotatable bonds is 5. The predicted octanol–water partition coefficient (Wildman–Crippen LogP) is 1.04. The lowest BCUT2D eigenvalue weighted by Crippen LogP contribution is -2.54. The van der Waals surface area contributed by atoms with Crippen molar-refractivity contribution in [3.8, 4) is 0 Å². The van der Waals surface area contributed by atoms with E-state index in [1.54, 1.807) is 11.8 Å². The molecule has 20 heavy (non-hydrogen) atoms. The van der Waals surface area contributed by atoms with Crippen LogP contribution < -0.4 is 4.72 Å². The third-order valence-electron chi connectivity index (χ3n) is 4.10. The molecule has 0 spiro atoms. The highest BCUT2D eigenvalue weighted by atomic mass is 32.2. The van der Waals surface area contributed by atoms with E-state index in [1.165, 1.54) is 0 Å². The smallest absolute Gasteiger partial charge is 0.322 e. The summed E-state index contributed by atoms with van der Waals surface area (Å²) in [6, 6.07) is -0.998. The van der Waals surface area contributed by atoms with E-state index in [0.717, 1.165) is 36.4 Å². The summed E-state index contributed by atoms with van der Waals surface area (Å²) in [5, 5.41) is 9.48. The molecule has 2 aliphatic rings. The highest BCUT2D eigenvalue weighted by Crippen LogP contribution is 2.30. The van der Waals surface area contributed by atoms with Gasteiger partial charge in [-0.15, -0.1) is 0 Å². The van der Waals surface area contributed by atoms with E-state index < -0.39 is 22.2 Å². The van der Waals surface area contributed by atoms with Crippen molar-refractivity contribution in [2.45, 2.75) is 55.9 Å². The van der Waals surface area contributed by atoms with E-state index in [2.05, 4.69) is 4.72 Å². The lowest BCUT2D eigenvalue weighted by molar-refractivity contribution is -0.142. The van der Waals surface area contributed by atoms with Crippen LogP contribution in [0.2, 0.25) is 0 Å². The van der Waals surface area contributed by atoms with Gasteiger partial charge in [0.1, 0.15) is 6.04 Å². The van der Waals surface area contributed by atoms with Crippen LogP contribution in [0.1, 0.15) is 38.5 Å². The second kappa shape index (κ2) is 6.64. The number of hydrogen-bond acceptors (Lipinski definition) is 4. The standard InChI is InChI=1S/C12H22N2O4S2/c1-19-11-7-4-5-9(11)13-20(17,18)14-8-3-2-6-10(14)12(15)16/h9-11,13H,2-8H2,1H3,(H,15,16). The van der Waals surface area contributed by atoms with E-state index in [0.29, 0.717) is 13.0 Å². The van der Waals surface area contributed by atoms with Gasteiger partial charge in [0.05, 0.1) is 0 Å². The second-order valence-corrected chi connectivity index (χ2v) is 8.13. The Hall–Kier alpha value is -0.310. The Morgan fingerprint density at radius 2 is 2.00 bits per heavy atom. The predicted molar refractivity (Wildman–Crippen MR) is 79.0 cm³/mol. The molecule has 0 aromatic carbocycles. The molecule has 0 bridgehead atoms. The van der Waals surface area contributed by atoms with Crippen molar-refractivity contribution < 1.29 is 18.3 Å². The number of carboxylic acids is 1. The number of carboxylic acid groups (broad SMARTS) is 1. The number of carbonyl (C=O) groups is 1. The van der Waals surface area contributed by atoms with E-state index in [1.807, 2.05) is 6.26 Å². The average Bonchev–Trinajstić information content (AvgIpc) is 2.85. The quantitative estimate of drug-likeness (QED) is 0.790. The molecule has 1 saturated carbocycles. The lowest BCUT2D eigenvalue weighted by atomic mass is 10.1. The van der Waals surface area contributed by atoms with Crippen LogP contribution in [0, 0.1) is 0 Å². The number of nitrogens with zero attached hydrogens (tertiary/aromatic N) is 1. The minimum atomic E-state index is -3.71. The molecule has 6 nitrogen and oxygen atoms in total. The average molecular weight is 322 g/mol. The van der Waals surface area contributed by atoms with E-state index in [-0.39, 0.29) is 11.3 Å². The fraction of sp³-hybridized carbons (Fsp3) is 0.917. The van der Waals surface area contributed by atoms with Gasteiger partial charge in [-0.1, -0.05) is 6.42 Å². The zero-order valence-corrected chi connectivity index (χ0v) is 13.3. The Balaban J connectivity index is 2.10. The Morgan fingerprint density at radius 1 is 1.25 bits per heavy atom.